The summed E-state index contributed by atoms with van der Waals surface area (Å²) >= 11 is 0. The Kier molecular flexibility index (Phi) is 24.4. The number of ether oxygens (including phenoxy) is 4. The van der Waals surface area contributed by atoms with Crippen LogP contribution in [-0.4, -0.2) is 147 Å². The van der Waals surface area contributed by atoms with E-state index in [-0.39, 0.29) is 124 Å². The molecule has 1 aromatic heterocycles. The molecule has 100 heavy (non-hydrogen) atoms. The van der Waals surface area contributed by atoms with Crippen molar-refractivity contribution in [3.05, 3.63) is 112 Å². The molecule has 0 spiro atoms. The molecule has 5 aromatic rings. The highest BCUT2D eigenvalue weighted by atomic mass is 16.7. The number of aliphatic hydroxyl groups is 3. The molecular weight excluding hydrogens is 1290 g/mol. The van der Waals surface area contributed by atoms with Crippen molar-refractivity contribution >= 4 is 97.2 Å². The number of anilines is 3. The number of hydrogen-bond acceptors (Lipinski definition) is 20. The topological polar surface area (TPSA) is 378 Å². The van der Waals surface area contributed by atoms with Crippen LogP contribution in [0.15, 0.2) is 100.0 Å². The highest BCUT2D eigenvalue weighted by Crippen LogP contribution is 2.48. The van der Waals surface area contributed by atoms with E-state index in [0.717, 1.165) is 30.2 Å². The van der Waals surface area contributed by atoms with E-state index in [0.29, 0.717) is 55.7 Å². The molecule has 0 saturated carbocycles. The lowest BCUT2D eigenvalue weighted by atomic mass is 9.78. The van der Waals surface area contributed by atoms with Crippen LogP contribution in [0.1, 0.15) is 136 Å². The van der Waals surface area contributed by atoms with Gasteiger partial charge in [0.25, 0.3) is 23.5 Å². The molecule has 4 bridgehead atoms. The molecule has 1 fully saturated rings. The number of amides is 7. The van der Waals surface area contributed by atoms with Gasteiger partial charge in [-0.2, -0.15) is 0 Å². The number of fused-ring (bicyclic) bond motifs is 2. The van der Waals surface area contributed by atoms with Gasteiger partial charge < -0.3 is 75.7 Å². The van der Waals surface area contributed by atoms with Crippen LogP contribution >= 0.6 is 0 Å². The number of hydrogen-bond donors (Lipinski definition) is 9. The number of carbonyl (C=O) groups excluding carboxylic acids is 8. The van der Waals surface area contributed by atoms with E-state index < -0.39 is 106 Å². The minimum atomic E-state index is -2.14. The van der Waals surface area contributed by atoms with Crippen LogP contribution in [0, 0.1) is 35.5 Å². The molecule has 9 rings (SSSR count). The summed E-state index contributed by atoms with van der Waals surface area (Å²) in [7, 11) is 1.42. The van der Waals surface area contributed by atoms with Crippen LogP contribution in [0.3, 0.4) is 0 Å². The van der Waals surface area contributed by atoms with Gasteiger partial charge in [-0.1, -0.05) is 78.3 Å². The second-order valence-corrected chi connectivity index (χ2v) is 27.1. The van der Waals surface area contributed by atoms with Crippen molar-refractivity contribution in [2.75, 3.05) is 48.8 Å². The third-order valence-corrected chi connectivity index (χ3v) is 19.5. The summed E-state index contributed by atoms with van der Waals surface area (Å²) in [5.74, 6) is -10.3. The molecule has 4 aliphatic heterocycles. The van der Waals surface area contributed by atoms with Crippen molar-refractivity contribution < 1.29 is 82.1 Å². The zero-order chi connectivity index (χ0) is 72.4. The standard InChI is InChI=1S/C74H92N8O18/c1-39(2)61(78-55(85)21-12-10-15-32-82-56(86)26-27-57(82)87)50(84)34-46(20-17-29-76-73(75)95)72(94)77-47-24-22-45(23-25-47)38-97-53-35-48(81-30-13-11-14-31-81)36-54-62(53)79-63-60-58-49(83)37-52-59(60)70(92)74(8,100-52)98-33-28-51(96-9)42(5)66(89)44(7)67(90)43(6)65(88)40(3)18-16-19-41(4)71(93)80-64(68(58)91)69(63)99-54/h16,18-19,22-28,33,35-37,39-40,42-44,46,51,61,65-67,88-91H,10-15,17,20-21,29-32,34,38H2,1-9H3,(H,77,94)(H,78,85)(H,80,93)(H3,75,76,95)/b18-16+,33-28+,41-19-/t40-,42+,43+,44-,46+,51-,61-,65-,66+,67+,74-/m0/s1. The molecule has 11 atom stereocenters. The van der Waals surface area contributed by atoms with Gasteiger partial charge in [0.15, 0.2) is 33.9 Å². The number of benzene rings is 4. The van der Waals surface area contributed by atoms with Crippen molar-refractivity contribution in [3.63, 3.8) is 0 Å². The van der Waals surface area contributed by atoms with E-state index in [1.165, 1.54) is 51.5 Å². The number of piperidine rings is 1. The van der Waals surface area contributed by atoms with Gasteiger partial charge in [-0.3, -0.25) is 43.3 Å². The Morgan fingerprint density at radius 1 is 0.850 bits per heavy atom. The van der Waals surface area contributed by atoms with E-state index in [9.17, 15) is 58.8 Å². The summed E-state index contributed by atoms with van der Waals surface area (Å²) < 4.78 is 31.6. The molecule has 0 aliphatic carbocycles. The number of primary amides is 1. The number of aromatic hydroxyl groups is 1. The number of imide groups is 1. The maximum atomic E-state index is 15.1. The first-order valence-corrected chi connectivity index (χ1v) is 34.2. The van der Waals surface area contributed by atoms with Gasteiger partial charge in [-0.15, -0.1) is 0 Å². The third-order valence-electron chi connectivity index (χ3n) is 19.5. The van der Waals surface area contributed by atoms with E-state index >= 15 is 4.79 Å². The average molecular weight is 1380 g/mol. The van der Waals surface area contributed by atoms with Crippen LogP contribution in [0.25, 0.3) is 33.0 Å². The number of nitrogens with zero attached hydrogens (tertiary/aromatic N) is 3. The number of nitrogens with two attached hydrogens (primary N) is 1. The molecular formula is C74H92N8O18. The average Bonchev–Trinajstić information content (AvgIpc) is 1.29. The number of Topliss-reactive ketones (excluding diaryl/α,β-unsaturated/α-hetero) is 2. The van der Waals surface area contributed by atoms with Gasteiger partial charge in [0.05, 0.1) is 47.7 Å². The number of methoxy groups -OCH3 is 1. The molecule has 26 nitrogen and oxygen atoms in total. The van der Waals surface area contributed by atoms with Crippen molar-refractivity contribution in [2.24, 2.45) is 41.2 Å². The second kappa shape index (κ2) is 32.7. The summed E-state index contributed by atoms with van der Waals surface area (Å²) in [6.07, 6.45) is 10.2. The smallest absolute Gasteiger partial charge is 0.312 e. The molecule has 536 valence electrons. The highest BCUT2D eigenvalue weighted by Gasteiger charge is 2.49. The van der Waals surface area contributed by atoms with Crippen LogP contribution in [0.4, 0.5) is 21.9 Å². The predicted octanol–water partition coefficient (Wildman–Crippen LogP) is 8.28. The Bertz CT molecular complexity index is 4100. The fraction of sp³-hybridized carbons (Fsp3) is 0.486. The first-order valence-electron chi connectivity index (χ1n) is 34.2. The first-order chi connectivity index (χ1) is 47.6. The summed E-state index contributed by atoms with van der Waals surface area (Å²) in [6.45, 7) is 14.9. The minimum Gasteiger partial charge on any atom is -0.505 e. The Morgan fingerprint density at radius 3 is 2.22 bits per heavy atom. The zero-order valence-corrected chi connectivity index (χ0v) is 58.0. The van der Waals surface area contributed by atoms with E-state index in [1.54, 1.807) is 90.1 Å². The number of unbranched alkanes of at least 4 members (excludes halogenated alkanes) is 2. The number of phenols is 1. The van der Waals surface area contributed by atoms with Gasteiger partial charge in [-0.05, 0) is 81.6 Å². The number of phenolic OH excluding ortho intramolecular Hbond substituents is 1. The summed E-state index contributed by atoms with van der Waals surface area (Å²) in [5.41, 5.74) is 5.67. The predicted molar refractivity (Wildman–Crippen MR) is 374 cm³/mol. The van der Waals surface area contributed by atoms with E-state index in [4.69, 9.17) is 34.1 Å². The molecule has 5 heterocycles. The van der Waals surface area contributed by atoms with Crippen molar-refractivity contribution in [2.45, 2.75) is 162 Å². The Labute approximate surface area is 579 Å². The van der Waals surface area contributed by atoms with Crippen LogP contribution in [0.5, 0.6) is 17.2 Å². The quantitative estimate of drug-likeness (QED) is 0.0103. The Balaban J connectivity index is 1.03. The largest absolute Gasteiger partial charge is 0.505 e. The number of aromatic nitrogens is 1. The minimum absolute atomic E-state index is 0.0795. The van der Waals surface area contributed by atoms with E-state index in [2.05, 4.69) is 26.2 Å². The number of urea groups is 1. The molecule has 4 aliphatic rings. The maximum Gasteiger partial charge on any atom is 0.312 e. The van der Waals surface area contributed by atoms with Gasteiger partial charge in [-0.25, -0.2) is 9.78 Å². The highest BCUT2D eigenvalue weighted by molar-refractivity contribution is 6.26. The number of aliphatic hydroxyl groups excluding tert-OH is 3. The van der Waals surface area contributed by atoms with Crippen molar-refractivity contribution in [1.29, 1.82) is 0 Å². The van der Waals surface area contributed by atoms with Crippen molar-refractivity contribution in [1.82, 2.24) is 20.5 Å². The van der Waals surface area contributed by atoms with Gasteiger partial charge >= 0.3 is 11.8 Å². The molecule has 0 unspecified atom stereocenters. The number of carbonyl (C=O) groups is 8. The maximum absolute atomic E-state index is 15.1. The van der Waals surface area contributed by atoms with E-state index in [1.807, 2.05) is 0 Å². The van der Waals surface area contributed by atoms with Crippen molar-refractivity contribution in [3.8, 4) is 17.2 Å². The van der Waals surface area contributed by atoms with Crippen LogP contribution in [-0.2, 0) is 44.8 Å². The molecule has 10 N–H and O–H groups in total. The fourth-order valence-corrected chi connectivity index (χ4v) is 13.3. The SMILES string of the molecule is CO[C@H]1/C=C/O[C@@]2(C)Oc3cc(=O)c4c(O)c(c5oc6cc(N7CCCCC7)cc(OCc7ccc(NC(=O)[C@H](CCCNC(N)=O)CC(=O)[C@@H](NC(=O)CCCCCN8C(=O)C=CC8=O)C(C)C)cc7)c6nc5c4c3C2=O)NC(=O)/C(C)=C\C=C\[C@H](C)[C@H](O)[C@@H](C)[C@@H](O)[C@@H](C)[C@H](O)[C@@H]1C. The number of ketones is 2. The number of allylic oxidation sites excluding steroid dienone is 2. The van der Waals surface area contributed by atoms with Gasteiger partial charge in [0.1, 0.15) is 29.1 Å². The molecule has 4 aromatic carbocycles. The zero-order valence-electron chi connectivity index (χ0n) is 58.0. The lowest BCUT2D eigenvalue weighted by molar-refractivity contribution is -0.137. The van der Waals surface area contributed by atoms with Gasteiger partial charge in [0.2, 0.25) is 11.8 Å². The normalized spacial score (nSPS) is 24.8. The first kappa shape index (κ1) is 74.7. The molecule has 26 heteroatoms. The molecule has 1 saturated heterocycles. The summed E-state index contributed by atoms with van der Waals surface area (Å²) in [4.78, 5) is 129. The number of rotatable bonds is 22. The fourth-order valence-electron chi connectivity index (χ4n) is 13.3. The summed E-state index contributed by atoms with van der Waals surface area (Å²) in [6, 6.07) is 9.72. The lowest BCUT2D eigenvalue weighted by Crippen LogP contribution is -2.45. The Hall–Kier alpha value is -9.50. The third kappa shape index (κ3) is 17.0. The van der Waals surface area contributed by atoms with Crippen LogP contribution in [0.2, 0.25) is 0 Å². The second-order valence-electron chi connectivity index (χ2n) is 27.1. The lowest BCUT2D eigenvalue weighted by Gasteiger charge is -2.36. The van der Waals surface area contributed by atoms with Crippen LogP contribution < -0.4 is 46.8 Å². The molecule has 7 amide bonds. The monoisotopic (exact) mass is 1380 g/mol. The summed E-state index contributed by atoms with van der Waals surface area (Å²) in [5, 5.41) is 57.4. The number of nitrogens with one attached hydrogen (secondary N) is 4. The van der Waals surface area contributed by atoms with Gasteiger partial charge in [0, 0.05) is 135 Å². The molecule has 0 radical (unpaired) electrons. The Morgan fingerprint density at radius 2 is 1.54 bits per heavy atom.